The number of nitrogens with one attached hydrogen (secondary N) is 1. The summed E-state index contributed by atoms with van der Waals surface area (Å²) in [6, 6.07) is 8.23. The average molecular weight is 305 g/mol. The van der Waals surface area contributed by atoms with Gasteiger partial charge in [0.25, 0.3) is 0 Å². The maximum absolute atomic E-state index is 13.0. The van der Waals surface area contributed by atoms with E-state index in [4.69, 9.17) is 0 Å². The van der Waals surface area contributed by atoms with E-state index in [1.807, 2.05) is 12.1 Å². The number of likely N-dealkylation sites (N-methyl/N-ethyl adjacent to an activating group) is 1. The molecule has 2 aliphatic heterocycles. The minimum atomic E-state index is -0.156. The summed E-state index contributed by atoms with van der Waals surface area (Å²) in [6.07, 6.45) is 6.41. The highest BCUT2D eigenvalue weighted by molar-refractivity contribution is 5.46. The van der Waals surface area contributed by atoms with Crippen molar-refractivity contribution in [3.8, 4) is 0 Å². The summed E-state index contributed by atoms with van der Waals surface area (Å²) in [4.78, 5) is 4.87. The molecule has 0 saturated carbocycles. The smallest absolute Gasteiger partial charge is 0.123 e. The van der Waals surface area contributed by atoms with Gasteiger partial charge in [0.15, 0.2) is 0 Å². The zero-order valence-corrected chi connectivity index (χ0v) is 13.6. The summed E-state index contributed by atoms with van der Waals surface area (Å²) in [5.41, 5.74) is 1.15. The van der Waals surface area contributed by atoms with Gasteiger partial charge >= 0.3 is 0 Å². The first-order chi connectivity index (χ1) is 10.7. The Bertz CT molecular complexity index is 454. The molecule has 0 aromatic heterocycles. The molecule has 2 heterocycles. The fourth-order valence-electron chi connectivity index (χ4n) is 3.70. The second kappa shape index (κ2) is 7.42. The largest absolute Gasteiger partial charge is 0.371 e. The molecular weight excluding hydrogens is 277 g/mol. The van der Waals surface area contributed by atoms with Crippen molar-refractivity contribution in [3.05, 3.63) is 30.1 Å². The van der Waals surface area contributed by atoms with Crippen LogP contribution in [0, 0.1) is 5.82 Å². The van der Waals surface area contributed by atoms with Crippen molar-refractivity contribution in [1.29, 1.82) is 0 Å². The van der Waals surface area contributed by atoms with Gasteiger partial charge in [0.1, 0.15) is 5.82 Å². The lowest BCUT2D eigenvalue weighted by Crippen LogP contribution is -2.48. The van der Waals surface area contributed by atoms with Crippen LogP contribution in [-0.4, -0.2) is 50.2 Å². The Morgan fingerprint density at radius 2 is 1.77 bits per heavy atom. The Balaban J connectivity index is 1.42. The number of anilines is 1. The molecule has 1 aromatic rings. The van der Waals surface area contributed by atoms with E-state index in [-0.39, 0.29) is 5.82 Å². The van der Waals surface area contributed by atoms with E-state index < -0.39 is 0 Å². The van der Waals surface area contributed by atoms with E-state index in [0.29, 0.717) is 12.1 Å². The molecule has 122 valence electrons. The van der Waals surface area contributed by atoms with Crippen LogP contribution in [0.25, 0.3) is 0 Å². The van der Waals surface area contributed by atoms with Gasteiger partial charge in [0.2, 0.25) is 0 Å². The minimum absolute atomic E-state index is 0.156. The van der Waals surface area contributed by atoms with Gasteiger partial charge < -0.3 is 15.1 Å². The van der Waals surface area contributed by atoms with Crippen molar-refractivity contribution in [2.75, 3.05) is 38.1 Å². The number of hydrogen-bond acceptors (Lipinski definition) is 3. The topological polar surface area (TPSA) is 18.5 Å². The van der Waals surface area contributed by atoms with E-state index in [9.17, 15) is 4.39 Å². The number of nitrogens with zero attached hydrogens (tertiary/aromatic N) is 2. The maximum atomic E-state index is 13.0. The number of hydrogen-bond donors (Lipinski definition) is 1. The van der Waals surface area contributed by atoms with Crippen LogP contribution in [0.1, 0.15) is 32.1 Å². The zero-order valence-electron chi connectivity index (χ0n) is 13.6. The van der Waals surface area contributed by atoms with Crippen LogP contribution in [0.4, 0.5) is 10.1 Å². The molecule has 2 saturated heterocycles. The van der Waals surface area contributed by atoms with E-state index in [1.165, 1.54) is 38.6 Å². The van der Waals surface area contributed by atoms with E-state index >= 15 is 0 Å². The summed E-state index contributed by atoms with van der Waals surface area (Å²) >= 11 is 0. The van der Waals surface area contributed by atoms with Gasteiger partial charge in [-0.15, -0.1) is 0 Å². The highest BCUT2D eigenvalue weighted by Gasteiger charge is 2.22. The van der Waals surface area contributed by atoms with Gasteiger partial charge in [-0.25, -0.2) is 4.39 Å². The minimum Gasteiger partial charge on any atom is -0.371 e. The summed E-state index contributed by atoms with van der Waals surface area (Å²) in [5, 5.41) is 3.77. The molecule has 0 aliphatic carbocycles. The monoisotopic (exact) mass is 305 g/mol. The molecule has 0 amide bonds. The first-order valence-corrected chi connectivity index (χ1v) is 8.66. The van der Waals surface area contributed by atoms with Crippen molar-refractivity contribution < 1.29 is 4.39 Å². The lowest BCUT2D eigenvalue weighted by molar-refractivity contribution is 0.175. The van der Waals surface area contributed by atoms with Gasteiger partial charge in [0.05, 0.1) is 0 Å². The van der Waals surface area contributed by atoms with Gasteiger partial charge in [-0.05, 0) is 63.5 Å². The van der Waals surface area contributed by atoms with E-state index in [2.05, 4.69) is 22.2 Å². The first kappa shape index (κ1) is 15.8. The van der Waals surface area contributed by atoms with Gasteiger partial charge in [-0.1, -0.05) is 6.42 Å². The fourth-order valence-corrected chi connectivity index (χ4v) is 3.70. The van der Waals surface area contributed by atoms with E-state index in [1.54, 1.807) is 12.1 Å². The van der Waals surface area contributed by atoms with Gasteiger partial charge in [-0.3, -0.25) is 0 Å². The molecule has 0 bridgehead atoms. The Kier molecular flexibility index (Phi) is 5.32. The van der Waals surface area contributed by atoms with Crippen LogP contribution in [0.3, 0.4) is 0 Å². The average Bonchev–Trinajstić information content (AvgIpc) is 2.55. The summed E-state index contributed by atoms with van der Waals surface area (Å²) < 4.78 is 13.0. The molecule has 3 rings (SSSR count). The Hall–Kier alpha value is -1.13. The molecule has 2 fully saturated rings. The van der Waals surface area contributed by atoms with Crippen molar-refractivity contribution in [2.45, 2.75) is 44.2 Å². The van der Waals surface area contributed by atoms with Crippen LogP contribution >= 0.6 is 0 Å². The van der Waals surface area contributed by atoms with Gasteiger partial charge in [-0.2, -0.15) is 0 Å². The van der Waals surface area contributed by atoms with Crippen LogP contribution in [0.5, 0.6) is 0 Å². The number of benzene rings is 1. The molecule has 4 heteroatoms. The molecule has 2 aliphatic rings. The first-order valence-electron chi connectivity index (χ1n) is 8.66. The van der Waals surface area contributed by atoms with Crippen molar-refractivity contribution in [2.24, 2.45) is 0 Å². The Morgan fingerprint density at radius 1 is 1.05 bits per heavy atom. The van der Waals surface area contributed by atoms with Crippen LogP contribution in [0.15, 0.2) is 24.3 Å². The van der Waals surface area contributed by atoms with E-state index in [0.717, 1.165) is 25.3 Å². The third-order valence-electron chi connectivity index (χ3n) is 5.25. The highest BCUT2D eigenvalue weighted by atomic mass is 19.1. The van der Waals surface area contributed by atoms with Crippen molar-refractivity contribution in [3.63, 3.8) is 0 Å². The summed E-state index contributed by atoms with van der Waals surface area (Å²) in [7, 11) is 2.25. The molecule has 0 spiro atoms. The normalized spacial score (nSPS) is 24.6. The lowest BCUT2D eigenvalue weighted by Gasteiger charge is -2.37. The summed E-state index contributed by atoms with van der Waals surface area (Å²) in [6.45, 7) is 4.49. The Labute approximate surface area is 133 Å². The predicted octanol–water partition coefficient (Wildman–Crippen LogP) is 2.87. The van der Waals surface area contributed by atoms with Crippen LogP contribution in [0.2, 0.25) is 0 Å². The van der Waals surface area contributed by atoms with Crippen LogP contribution < -0.4 is 10.2 Å². The SMILES string of the molecule is CN1CCCC[C@@H]1CNC1CCN(c2ccc(F)cc2)CC1. The molecule has 0 unspecified atom stereocenters. The quantitative estimate of drug-likeness (QED) is 0.923. The third kappa shape index (κ3) is 3.99. The molecule has 1 N–H and O–H groups in total. The fraction of sp³-hybridized carbons (Fsp3) is 0.667. The standard InChI is InChI=1S/C18H28FN3/c1-21-11-3-2-4-18(21)14-20-16-9-12-22(13-10-16)17-7-5-15(19)6-8-17/h5-8,16,18,20H,2-4,9-14H2,1H3/t18-/m1/s1. The highest BCUT2D eigenvalue weighted by Crippen LogP contribution is 2.21. The summed E-state index contributed by atoms with van der Waals surface area (Å²) in [5.74, 6) is -0.156. The zero-order chi connectivity index (χ0) is 15.4. The Morgan fingerprint density at radius 3 is 2.45 bits per heavy atom. The second-order valence-electron chi connectivity index (χ2n) is 6.78. The van der Waals surface area contributed by atoms with Crippen LogP contribution in [-0.2, 0) is 0 Å². The molecule has 22 heavy (non-hydrogen) atoms. The number of rotatable bonds is 4. The predicted molar refractivity (Wildman–Crippen MR) is 89.9 cm³/mol. The van der Waals surface area contributed by atoms with Crippen molar-refractivity contribution in [1.82, 2.24) is 10.2 Å². The molecular formula is C18H28FN3. The maximum Gasteiger partial charge on any atom is 0.123 e. The number of piperidine rings is 2. The third-order valence-corrected chi connectivity index (χ3v) is 5.25. The molecule has 3 nitrogen and oxygen atoms in total. The number of likely N-dealkylation sites (tertiary alicyclic amines) is 1. The van der Waals surface area contributed by atoms with Gasteiger partial charge in [0, 0.05) is 37.4 Å². The second-order valence-corrected chi connectivity index (χ2v) is 6.78. The lowest BCUT2D eigenvalue weighted by atomic mass is 10.0. The molecule has 1 aromatic carbocycles. The molecule has 0 radical (unpaired) electrons. The number of halogens is 1. The van der Waals surface area contributed by atoms with Crippen molar-refractivity contribution >= 4 is 5.69 Å². The molecule has 1 atom stereocenters.